The fraction of sp³-hybridized carbons (Fsp3) is 0.222. The Bertz CT molecular complexity index is 958. The number of anilines is 1. The number of ketones is 1. The average molecular weight is 411 g/mol. The second-order valence-corrected chi connectivity index (χ2v) is 7.73. The van der Waals surface area contributed by atoms with Crippen LogP contribution in [0.15, 0.2) is 47.4 Å². The molecule has 1 amide bonds. The molecule has 0 aliphatic rings. The molecular weight excluding hydrogens is 392 g/mol. The van der Waals surface area contributed by atoms with E-state index in [0.29, 0.717) is 16.3 Å². The molecule has 0 radical (unpaired) electrons. The van der Waals surface area contributed by atoms with Crippen molar-refractivity contribution in [1.82, 2.24) is 0 Å². The van der Waals surface area contributed by atoms with Crippen molar-refractivity contribution < 1.29 is 22.7 Å². The van der Waals surface area contributed by atoms with Crippen LogP contribution in [0, 0.1) is 0 Å². The van der Waals surface area contributed by atoms with Gasteiger partial charge in [-0.05, 0) is 49.4 Å². The fourth-order valence-corrected chi connectivity index (χ4v) is 2.92. The third kappa shape index (κ3) is 5.53. The van der Waals surface area contributed by atoms with E-state index < -0.39 is 22.0 Å². The van der Waals surface area contributed by atoms with Gasteiger partial charge in [0.1, 0.15) is 5.75 Å². The number of amides is 1. The third-order valence-corrected chi connectivity index (χ3v) is 4.85. The van der Waals surface area contributed by atoms with Crippen LogP contribution >= 0.6 is 11.6 Å². The molecule has 7 nitrogen and oxygen atoms in total. The van der Waals surface area contributed by atoms with Crippen LogP contribution in [0.5, 0.6) is 5.75 Å². The summed E-state index contributed by atoms with van der Waals surface area (Å²) in [5.74, 6) is -0.361. The van der Waals surface area contributed by atoms with Crippen LogP contribution in [0.3, 0.4) is 0 Å². The number of benzene rings is 2. The molecule has 144 valence electrons. The Morgan fingerprint density at radius 3 is 2.37 bits per heavy atom. The Morgan fingerprint density at radius 2 is 1.81 bits per heavy atom. The average Bonchev–Trinajstić information content (AvgIpc) is 2.62. The number of nitrogens with two attached hydrogens (primary N) is 1. The molecule has 0 spiro atoms. The highest BCUT2D eigenvalue weighted by Crippen LogP contribution is 2.25. The van der Waals surface area contributed by atoms with E-state index in [1.54, 1.807) is 13.0 Å². The van der Waals surface area contributed by atoms with Crippen molar-refractivity contribution in [1.29, 1.82) is 0 Å². The second-order valence-electron chi connectivity index (χ2n) is 5.74. The predicted molar refractivity (Wildman–Crippen MR) is 103 cm³/mol. The minimum Gasteiger partial charge on any atom is -0.480 e. The maximum absolute atomic E-state index is 12.3. The molecule has 0 heterocycles. The number of primary sulfonamides is 1. The summed E-state index contributed by atoms with van der Waals surface area (Å²) in [6.07, 6.45) is -0.638. The Morgan fingerprint density at radius 1 is 1.19 bits per heavy atom. The molecule has 0 bridgehead atoms. The molecule has 9 heteroatoms. The standard InChI is InChI=1S/C18H19ClN2O5S/c1-3-16(22)15-10-12(19)4-9-17(15)26-11(2)18(23)21-13-5-7-14(8-6-13)27(20,24)25/h4-11H,3H2,1-2H3,(H,21,23)(H2,20,24,25)/t11-/m1/s1. The molecule has 3 N–H and O–H groups in total. The van der Waals surface area contributed by atoms with Crippen molar-refractivity contribution in [2.24, 2.45) is 5.14 Å². The number of halogens is 1. The molecule has 0 aromatic heterocycles. The lowest BCUT2D eigenvalue weighted by atomic mass is 10.1. The Kier molecular flexibility index (Phi) is 6.59. The van der Waals surface area contributed by atoms with E-state index in [2.05, 4.69) is 5.32 Å². The maximum Gasteiger partial charge on any atom is 0.265 e. The Hall–Kier alpha value is -2.42. The van der Waals surface area contributed by atoms with Crippen molar-refractivity contribution in [3.05, 3.63) is 53.1 Å². The van der Waals surface area contributed by atoms with E-state index in [1.807, 2.05) is 0 Å². The number of rotatable bonds is 7. The van der Waals surface area contributed by atoms with Crippen LogP contribution in [-0.4, -0.2) is 26.2 Å². The summed E-state index contributed by atoms with van der Waals surface area (Å²) < 4.78 is 28.1. The van der Waals surface area contributed by atoms with Crippen molar-refractivity contribution in [2.75, 3.05) is 5.32 Å². The van der Waals surface area contributed by atoms with Gasteiger partial charge < -0.3 is 10.1 Å². The van der Waals surface area contributed by atoms with Gasteiger partial charge in [-0.1, -0.05) is 18.5 Å². The van der Waals surface area contributed by atoms with Crippen LogP contribution in [0.25, 0.3) is 0 Å². The molecule has 0 unspecified atom stereocenters. The number of sulfonamides is 1. The van der Waals surface area contributed by atoms with E-state index in [4.69, 9.17) is 21.5 Å². The van der Waals surface area contributed by atoms with Crippen LogP contribution in [0.2, 0.25) is 5.02 Å². The van der Waals surface area contributed by atoms with E-state index in [-0.39, 0.29) is 22.8 Å². The normalized spacial score (nSPS) is 12.3. The molecule has 2 aromatic carbocycles. The van der Waals surface area contributed by atoms with E-state index >= 15 is 0 Å². The number of hydrogen-bond donors (Lipinski definition) is 2. The lowest BCUT2D eigenvalue weighted by Crippen LogP contribution is -2.30. The summed E-state index contributed by atoms with van der Waals surface area (Å²) in [6.45, 7) is 3.25. The lowest BCUT2D eigenvalue weighted by Gasteiger charge is -2.17. The summed E-state index contributed by atoms with van der Waals surface area (Å²) in [6, 6.07) is 10.0. The summed E-state index contributed by atoms with van der Waals surface area (Å²) in [4.78, 5) is 24.3. The number of carbonyl (C=O) groups is 2. The molecular formula is C18H19ClN2O5S. The number of nitrogens with one attached hydrogen (secondary N) is 1. The monoisotopic (exact) mass is 410 g/mol. The quantitative estimate of drug-likeness (QED) is 0.680. The van der Waals surface area contributed by atoms with Crippen LogP contribution in [-0.2, 0) is 14.8 Å². The van der Waals surface area contributed by atoms with Gasteiger partial charge >= 0.3 is 0 Å². The highest BCUT2D eigenvalue weighted by molar-refractivity contribution is 7.89. The van der Waals surface area contributed by atoms with Gasteiger partial charge in [0.25, 0.3) is 5.91 Å². The number of Topliss-reactive ketones (excluding diaryl/α,β-unsaturated/α-hetero) is 1. The van der Waals surface area contributed by atoms with Gasteiger partial charge in [-0.15, -0.1) is 0 Å². The van der Waals surface area contributed by atoms with Crippen molar-refractivity contribution in [3.8, 4) is 5.75 Å². The first-order valence-electron chi connectivity index (χ1n) is 8.05. The number of carbonyl (C=O) groups excluding carboxylic acids is 2. The van der Waals surface area contributed by atoms with Gasteiger partial charge in [-0.2, -0.15) is 0 Å². The summed E-state index contributed by atoms with van der Waals surface area (Å²) in [5, 5.41) is 8.03. The topological polar surface area (TPSA) is 116 Å². The van der Waals surface area contributed by atoms with Gasteiger partial charge in [0, 0.05) is 17.1 Å². The van der Waals surface area contributed by atoms with Crippen LogP contribution < -0.4 is 15.2 Å². The smallest absolute Gasteiger partial charge is 0.265 e. The van der Waals surface area contributed by atoms with Crippen molar-refractivity contribution >= 4 is 39.0 Å². The zero-order chi connectivity index (χ0) is 20.2. The second kappa shape index (κ2) is 8.51. The molecule has 1 atom stereocenters. The van der Waals surface area contributed by atoms with Crippen LogP contribution in [0.4, 0.5) is 5.69 Å². The highest BCUT2D eigenvalue weighted by Gasteiger charge is 2.19. The Labute approximate surface area is 162 Å². The predicted octanol–water partition coefficient (Wildman–Crippen LogP) is 2.99. The van der Waals surface area contributed by atoms with Gasteiger partial charge in [0.2, 0.25) is 10.0 Å². The molecule has 0 fully saturated rings. The highest BCUT2D eigenvalue weighted by atomic mass is 35.5. The van der Waals surface area contributed by atoms with Crippen molar-refractivity contribution in [2.45, 2.75) is 31.3 Å². The molecule has 2 rings (SSSR count). The maximum atomic E-state index is 12.3. The third-order valence-electron chi connectivity index (χ3n) is 3.69. The molecule has 27 heavy (non-hydrogen) atoms. The first kappa shape index (κ1) is 20.9. The van der Waals surface area contributed by atoms with E-state index in [1.165, 1.54) is 43.3 Å². The minimum atomic E-state index is -3.80. The Balaban J connectivity index is 2.11. The van der Waals surface area contributed by atoms with Crippen LogP contribution in [0.1, 0.15) is 30.6 Å². The SMILES string of the molecule is CCC(=O)c1cc(Cl)ccc1O[C@H](C)C(=O)Nc1ccc(S(N)(=O)=O)cc1. The summed E-state index contributed by atoms with van der Waals surface area (Å²) in [7, 11) is -3.80. The zero-order valence-corrected chi connectivity index (χ0v) is 16.3. The summed E-state index contributed by atoms with van der Waals surface area (Å²) >= 11 is 5.93. The zero-order valence-electron chi connectivity index (χ0n) is 14.7. The molecule has 0 saturated carbocycles. The van der Waals surface area contributed by atoms with Gasteiger partial charge in [-0.3, -0.25) is 9.59 Å². The lowest BCUT2D eigenvalue weighted by molar-refractivity contribution is -0.122. The largest absolute Gasteiger partial charge is 0.480 e. The van der Waals surface area contributed by atoms with E-state index in [0.717, 1.165) is 0 Å². The molecule has 0 saturated heterocycles. The van der Waals surface area contributed by atoms with Gasteiger partial charge in [0.15, 0.2) is 11.9 Å². The molecule has 2 aromatic rings. The van der Waals surface area contributed by atoms with Crippen molar-refractivity contribution in [3.63, 3.8) is 0 Å². The fourth-order valence-electron chi connectivity index (χ4n) is 2.23. The van der Waals surface area contributed by atoms with Gasteiger partial charge in [-0.25, -0.2) is 13.6 Å². The molecule has 0 aliphatic carbocycles. The first-order chi connectivity index (χ1) is 12.6. The first-order valence-corrected chi connectivity index (χ1v) is 9.97. The number of ether oxygens (including phenoxy) is 1. The molecule has 0 aliphatic heterocycles. The number of hydrogen-bond acceptors (Lipinski definition) is 5. The minimum absolute atomic E-state index is 0.0614. The van der Waals surface area contributed by atoms with Gasteiger partial charge in [0.05, 0.1) is 10.5 Å². The summed E-state index contributed by atoms with van der Waals surface area (Å²) in [5.41, 5.74) is 0.686. The van der Waals surface area contributed by atoms with E-state index in [9.17, 15) is 18.0 Å².